The van der Waals surface area contributed by atoms with Crippen LogP contribution in [0, 0.1) is 0 Å². The van der Waals surface area contributed by atoms with Gasteiger partial charge in [-0.2, -0.15) is 0 Å². The summed E-state index contributed by atoms with van der Waals surface area (Å²) in [6, 6.07) is 13.3. The number of nitrogens with zero attached hydrogens (tertiary/aromatic N) is 4. The van der Waals surface area contributed by atoms with Gasteiger partial charge < -0.3 is 18.8 Å². The Hall–Kier alpha value is -2.75. The van der Waals surface area contributed by atoms with E-state index in [-0.39, 0.29) is 11.7 Å². The highest BCUT2D eigenvalue weighted by Gasteiger charge is 2.22. The Morgan fingerprint density at radius 3 is 2.45 bits per heavy atom. The predicted molar refractivity (Wildman–Crippen MR) is 127 cm³/mol. The highest BCUT2D eigenvalue weighted by atomic mass is 35.5. The Morgan fingerprint density at radius 1 is 1.03 bits per heavy atom. The van der Waals surface area contributed by atoms with Crippen molar-refractivity contribution in [2.45, 2.75) is 11.8 Å². The molecule has 1 aliphatic rings. The largest absolute Gasteiger partial charge is 0.493 e. The number of carbonyl (C=O) groups excluding carboxylic acids is 1. The van der Waals surface area contributed by atoms with E-state index in [0.29, 0.717) is 35.7 Å². The minimum absolute atomic E-state index is 0.0667. The highest BCUT2D eigenvalue weighted by molar-refractivity contribution is 7.99. The minimum atomic E-state index is 0.0667. The number of carbonyl (C=O) groups is 1. The van der Waals surface area contributed by atoms with Gasteiger partial charge in [0.2, 0.25) is 11.8 Å². The molecular weight excluding hydrogens is 464 g/mol. The van der Waals surface area contributed by atoms with Crippen LogP contribution >= 0.6 is 23.4 Å². The zero-order valence-corrected chi connectivity index (χ0v) is 20.1. The van der Waals surface area contributed by atoms with Crippen molar-refractivity contribution in [3.8, 4) is 23.0 Å². The molecule has 0 radical (unpaired) electrons. The first kappa shape index (κ1) is 23.4. The molecule has 8 nitrogen and oxygen atoms in total. The smallest absolute Gasteiger partial charge is 0.277 e. The molecule has 4 rings (SSSR count). The standard InChI is InChI=1S/C23H25ClN4O4S/c1-30-19-8-5-17(13-20(19)31-2)22-25-26-23(32-22)33-15-21(29)28-11-9-27(10-12-28)14-16-3-6-18(24)7-4-16/h3-8,13H,9-12,14-15H2,1-2H3. The molecule has 10 heteroatoms. The molecule has 1 aromatic heterocycles. The molecule has 0 spiro atoms. The van der Waals surface area contributed by atoms with Gasteiger partial charge in [0.1, 0.15) is 0 Å². The van der Waals surface area contributed by atoms with E-state index in [4.69, 9.17) is 25.5 Å². The van der Waals surface area contributed by atoms with Crippen LogP contribution in [0.2, 0.25) is 5.02 Å². The summed E-state index contributed by atoms with van der Waals surface area (Å²) in [6.07, 6.45) is 0. The van der Waals surface area contributed by atoms with Crippen LogP contribution in [0.1, 0.15) is 5.56 Å². The molecule has 174 valence electrons. The first-order valence-corrected chi connectivity index (χ1v) is 11.9. The highest BCUT2D eigenvalue weighted by Crippen LogP contribution is 2.32. The molecule has 3 aromatic rings. The van der Waals surface area contributed by atoms with E-state index in [9.17, 15) is 4.79 Å². The summed E-state index contributed by atoms with van der Waals surface area (Å²) in [5.41, 5.74) is 1.94. The Balaban J connectivity index is 1.26. The lowest BCUT2D eigenvalue weighted by molar-refractivity contribution is -0.130. The van der Waals surface area contributed by atoms with Crippen molar-refractivity contribution in [2.75, 3.05) is 46.2 Å². The molecule has 0 N–H and O–H groups in total. The van der Waals surface area contributed by atoms with Crippen molar-refractivity contribution < 1.29 is 18.7 Å². The summed E-state index contributed by atoms with van der Waals surface area (Å²) >= 11 is 7.20. The van der Waals surface area contributed by atoms with Gasteiger partial charge in [0.05, 0.1) is 20.0 Å². The first-order chi connectivity index (χ1) is 16.1. The zero-order chi connectivity index (χ0) is 23.2. The summed E-state index contributed by atoms with van der Waals surface area (Å²) in [6.45, 7) is 3.93. The Morgan fingerprint density at radius 2 is 1.76 bits per heavy atom. The number of amides is 1. The van der Waals surface area contributed by atoms with Gasteiger partial charge in [0.15, 0.2) is 11.5 Å². The molecule has 1 fully saturated rings. The number of piperazine rings is 1. The molecule has 2 heterocycles. The Bertz CT molecular complexity index is 1080. The molecule has 0 bridgehead atoms. The SMILES string of the molecule is COc1ccc(-c2nnc(SCC(=O)N3CCN(Cc4ccc(Cl)cc4)CC3)o2)cc1OC. The average molecular weight is 489 g/mol. The van der Waals surface area contributed by atoms with Gasteiger partial charge >= 0.3 is 0 Å². The van der Waals surface area contributed by atoms with E-state index in [1.165, 1.54) is 17.3 Å². The fourth-order valence-electron chi connectivity index (χ4n) is 3.57. The van der Waals surface area contributed by atoms with Gasteiger partial charge in [-0.15, -0.1) is 10.2 Å². The second kappa shape index (κ2) is 10.9. The molecule has 0 aliphatic carbocycles. The fourth-order valence-corrected chi connectivity index (χ4v) is 4.36. The van der Waals surface area contributed by atoms with Crippen LogP contribution in [0.25, 0.3) is 11.5 Å². The maximum absolute atomic E-state index is 12.7. The Labute approximate surface area is 201 Å². The average Bonchev–Trinajstić information content (AvgIpc) is 3.33. The van der Waals surface area contributed by atoms with E-state index in [0.717, 1.165) is 30.2 Å². The van der Waals surface area contributed by atoms with Crippen molar-refractivity contribution in [1.29, 1.82) is 0 Å². The number of benzene rings is 2. The van der Waals surface area contributed by atoms with Gasteiger partial charge in [-0.05, 0) is 35.9 Å². The third-order valence-electron chi connectivity index (χ3n) is 5.40. The number of methoxy groups -OCH3 is 2. The minimum Gasteiger partial charge on any atom is -0.493 e. The molecule has 0 saturated carbocycles. The van der Waals surface area contributed by atoms with E-state index in [1.54, 1.807) is 26.4 Å². The molecular formula is C23H25ClN4O4S. The van der Waals surface area contributed by atoms with Crippen LogP contribution in [0.5, 0.6) is 11.5 Å². The van der Waals surface area contributed by atoms with Crippen LogP contribution in [0.4, 0.5) is 0 Å². The Kier molecular flexibility index (Phi) is 7.74. The second-order valence-electron chi connectivity index (χ2n) is 7.51. The van der Waals surface area contributed by atoms with E-state index in [2.05, 4.69) is 15.1 Å². The van der Waals surface area contributed by atoms with E-state index in [1.807, 2.05) is 35.2 Å². The lowest BCUT2D eigenvalue weighted by Gasteiger charge is -2.34. The lowest BCUT2D eigenvalue weighted by atomic mass is 10.2. The predicted octanol–water partition coefficient (Wildman–Crippen LogP) is 3.84. The normalized spacial score (nSPS) is 14.3. The van der Waals surface area contributed by atoms with Crippen LogP contribution in [0.3, 0.4) is 0 Å². The maximum Gasteiger partial charge on any atom is 0.277 e. The fraction of sp³-hybridized carbons (Fsp3) is 0.348. The van der Waals surface area contributed by atoms with E-state index < -0.39 is 0 Å². The summed E-state index contributed by atoms with van der Waals surface area (Å²) in [4.78, 5) is 16.9. The van der Waals surface area contributed by atoms with Crippen molar-refractivity contribution in [2.24, 2.45) is 0 Å². The van der Waals surface area contributed by atoms with Crippen molar-refractivity contribution >= 4 is 29.3 Å². The number of aromatic nitrogens is 2. The summed E-state index contributed by atoms with van der Waals surface area (Å²) in [5.74, 6) is 1.88. The summed E-state index contributed by atoms with van der Waals surface area (Å²) in [5, 5.41) is 9.24. The van der Waals surface area contributed by atoms with Gasteiger partial charge in [-0.3, -0.25) is 9.69 Å². The van der Waals surface area contributed by atoms with Crippen LogP contribution in [-0.2, 0) is 11.3 Å². The molecule has 0 unspecified atom stereocenters. The summed E-state index contributed by atoms with van der Waals surface area (Å²) < 4.78 is 16.3. The van der Waals surface area contributed by atoms with Crippen molar-refractivity contribution in [1.82, 2.24) is 20.0 Å². The molecule has 1 amide bonds. The third-order valence-corrected chi connectivity index (χ3v) is 6.46. The third kappa shape index (κ3) is 5.98. The van der Waals surface area contributed by atoms with Crippen LogP contribution in [0.15, 0.2) is 52.1 Å². The van der Waals surface area contributed by atoms with Gasteiger partial charge in [-0.1, -0.05) is 35.5 Å². The lowest BCUT2D eigenvalue weighted by Crippen LogP contribution is -2.48. The molecule has 1 saturated heterocycles. The van der Waals surface area contributed by atoms with Crippen LogP contribution in [-0.4, -0.2) is 72.1 Å². The van der Waals surface area contributed by atoms with Crippen molar-refractivity contribution in [3.63, 3.8) is 0 Å². The first-order valence-electron chi connectivity index (χ1n) is 10.5. The van der Waals surface area contributed by atoms with Gasteiger partial charge in [0.25, 0.3) is 5.22 Å². The maximum atomic E-state index is 12.7. The molecule has 0 atom stereocenters. The quantitative estimate of drug-likeness (QED) is 0.442. The van der Waals surface area contributed by atoms with Crippen LogP contribution < -0.4 is 9.47 Å². The number of halogens is 1. The van der Waals surface area contributed by atoms with Crippen molar-refractivity contribution in [3.05, 3.63) is 53.1 Å². The molecule has 2 aromatic carbocycles. The summed E-state index contributed by atoms with van der Waals surface area (Å²) in [7, 11) is 3.15. The number of ether oxygens (including phenoxy) is 2. The second-order valence-corrected chi connectivity index (χ2v) is 8.88. The molecule has 33 heavy (non-hydrogen) atoms. The monoisotopic (exact) mass is 488 g/mol. The molecule has 1 aliphatic heterocycles. The zero-order valence-electron chi connectivity index (χ0n) is 18.5. The number of hydrogen-bond acceptors (Lipinski definition) is 8. The number of hydrogen-bond donors (Lipinski definition) is 0. The van der Waals surface area contributed by atoms with Gasteiger partial charge in [-0.25, -0.2) is 0 Å². The number of thioether (sulfide) groups is 1. The topological polar surface area (TPSA) is 80.9 Å². The van der Waals surface area contributed by atoms with Gasteiger partial charge in [0, 0.05) is 43.3 Å². The van der Waals surface area contributed by atoms with E-state index >= 15 is 0 Å². The number of rotatable bonds is 8.